The summed E-state index contributed by atoms with van der Waals surface area (Å²) in [6.07, 6.45) is 3.24. The van der Waals surface area contributed by atoms with Crippen LogP contribution in [0.4, 0.5) is 10.5 Å². The fraction of sp³-hybridized carbons (Fsp3) is 0.261. The fourth-order valence-corrected chi connectivity index (χ4v) is 3.89. The number of urea groups is 1. The molecule has 0 saturated carbocycles. The summed E-state index contributed by atoms with van der Waals surface area (Å²) in [6.45, 7) is 7.14. The minimum absolute atomic E-state index is 0.117. The molecule has 0 radical (unpaired) electrons. The number of nitrogens with one attached hydrogen (secondary N) is 2. The number of aromatic nitrogens is 1. The van der Waals surface area contributed by atoms with Crippen molar-refractivity contribution in [2.45, 2.75) is 26.8 Å². The molecule has 2 aromatic carbocycles. The number of amides is 3. The summed E-state index contributed by atoms with van der Waals surface area (Å²) in [5, 5.41) is 6.63. The summed E-state index contributed by atoms with van der Waals surface area (Å²) in [6, 6.07) is 15.1. The Morgan fingerprint density at radius 3 is 2.47 bits per heavy atom. The Morgan fingerprint density at radius 1 is 1.10 bits per heavy atom. The van der Waals surface area contributed by atoms with E-state index in [1.165, 1.54) is 6.08 Å². The summed E-state index contributed by atoms with van der Waals surface area (Å²) in [7, 11) is 0. The molecule has 0 aliphatic carbocycles. The topological polar surface area (TPSA) is 74.3 Å². The molecule has 0 spiro atoms. The molecule has 1 atom stereocenters. The van der Waals surface area contributed by atoms with Crippen molar-refractivity contribution in [2.24, 2.45) is 0 Å². The number of thiazole rings is 1. The zero-order valence-electron chi connectivity index (χ0n) is 17.4. The van der Waals surface area contributed by atoms with Gasteiger partial charge < -0.3 is 15.5 Å². The molecule has 156 valence electrons. The number of hydrogen-bond acceptors (Lipinski definition) is 4. The predicted molar refractivity (Wildman–Crippen MR) is 124 cm³/mol. The van der Waals surface area contributed by atoms with Crippen LogP contribution in [0.5, 0.6) is 0 Å². The lowest BCUT2D eigenvalue weighted by molar-refractivity contribution is -0.117. The molecule has 0 saturated heterocycles. The van der Waals surface area contributed by atoms with E-state index in [2.05, 4.69) is 15.6 Å². The van der Waals surface area contributed by atoms with Crippen molar-refractivity contribution in [3.63, 3.8) is 0 Å². The Hall–Kier alpha value is -3.19. The van der Waals surface area contributed by atoms with Gasteiger partial charge in [0.25, 0.3) is 0 Å². The third-order valence-corrected chi connectivity index (χ3v) is 5.76. The standard InChI is InChI=1S/C23H26N4O2S/c1-4-27(5-2)23(29)25-18-12-10-17(11-13-18)16(3)24-21(28)14-15-22-26-19-8-6-7-9-20(19)30-22/h6-16H,4-5H2,1-3H3,(H,24,28)(H,25,29)/b15-14+. The highest BCUT2D eigenvalue weighted by atomic mass is 32.1. The molecule has 2 N–H and O–H groups in total. The van der Waals surface area contributed by atoms with Gasteiger partial charge in [0, 0.05) is 24.9 Å². The molecule has 3 rings (SSSR count). The summed E-state index contributed by atoms with van der Waals surface area (Å²) >= 11 is 1.55. The van der Waals surface area contributed by atoms with Crippen molar-refractivity contribution in [1.29, 1.82) is 0 Å². The largest absolute Gasteiger partial charge is 0.346 e. The summed E-state index contributed by atoms with van der Waals surface area (Å²) in [4.78, 5) is 30.6. The van der Waals surface area contributed by atoms with E-state index < -0.39 is 0 Å². The number of rotatable bonds is 7. The van der Waals surface area contributed by atoms with Crippen LogP contribution in [0.3, 0.4) is 0 Å². The summed E-state index contributed by atoms with van der Waals surface area (Å²) in [5.74, 6) is -0.180. The van der Waals surface area contributed by atoms with Crippen molar-refractivity contribution in [2.75, 3.05) is 18.4 Å². The number of hydrogen-bond donors (Lipinski definition) is 2. The van der Waals surface area contributed by atoms with E-state index in [0.717, 1.165) is 26.5 Å². The van der Waals surface area contributed by atoms with Gasteiger partial charge in [-0.2, -0.15) is 0 Å². The van der Waals surface area contributed by atoms with Crippen LogP contribution in [0.25, 0.3) is 16.3 Å². The first-order valence-electron chi connectivity index (χ1n) is 10.00. The van der Waals surface area contributed by atoms with Crippen molar-refractivity contribution in [3.05, 3.63) is 65.2 Å². The average Bonchev–Trinajstić information content (AvgIpc) is 3.17. The highest BCUT2D eigenvalue weighted by Gasteiger charge is 2.11. The van der Waals surface area contributed by atoms with Crippen molar-refractivity contribution in [3.8, 4) is 0 Å². The summed E-state index contributed by atoms with van der Waals surface area (Å²) < 4.78 is 1.10. The first-order valence-corrected chi connectivity index (χ1v) is 10.8. The number of benzene rings is 2. The maximum Gasteiger partial charge on any atom is 0.321 e. The zero-order valence-corrected chi connectivity index (χ0v) is 18.2. The van der Waals surface area contributed by atoms with E-state index >= 15 is 0 Å². The fourth-order valence-electron chi connectivity index (χ4n) is 3.02. The highest BCUT2D eigenvalue weighted by Crippen LogP contribution is 2.22. The van der Waals surface area contributed by atoms with Gasteiger partial charge in [0.1, 0.15) is 5.01 Å². The minimum atomic E-state index is -0.180. The Morgan fingerprint density at radius 2 is 1.80 bits per heavy atom. The van der Waals surface area contributed by atoms with E-state index in [1.54, 1.807) is 22.3 Å². The lowest BCUT2D eigenvalue weighted by Gasteiger charge is -2.19. The predicted octanol–water partition coefficient (Wildman–Crippen LogP) is 5.06. The van der Waals surface area contributed by atoms with Gasteiger partial charge in [0.2, 0.25) is 5.91 Å². The molecule has 6 nitrogen and oxygen atoms in total. The lowest BCUT2D eigenvalue weighted by atomic mass is 10.1. The van der Waals surface area contributed by atoms with Crippen molar-refractivity contribution < 1.29 is 9.59 Å². The molecule has 1 heterocycles. The van der Waals surface area contributed by atoms with Crippen LogP contribution in [0.15, 0.2) is 54.6 Å². The second kappa shape index (κ2) is 10.0. The molecule has 3 amide bonds. The Kier molecular flexibility index (Phi) is 7.19. The van der Waals surface area contributed by atoms with Crippen LogP contribution in [-0.4, -0.2) is 34.9 Å². The molecule has 1 aromatic heterocycles. The van der Waals surface area contributed by atoms with Crippen LogP contribution in [0.1, 0.15) is 37.4 Å². The monoisotopic (exact) mass is 422 g/mol. The normalized spacial score (nSPS) is 12.1. The van der Waals surface area contributed by atoms with Gasteiger partial charge >= 0.3 is 6.03 Å². The van der Waals surface area contributed by atoms with Crippen LogP contribution < -0.4 is 10.6 Å². The summed E-state index contributed by atoms with van der Waals surface area (Å²) in [5.41, 5.74) is 2.62. The van der Waals surface area contributed by atoms with E-state index in [1.807, 2.05) is 69.3 Å². The number of carbonyl (C=O) groups excluding carboxylic acids is 2. The molecular formula is C23H26N4O2S. The van der Waals surface area contributed by atoms with E-state index in [-0.39, 0.29) is 18.0 Å². The van der Waals surface area contributed by atoms with Gasteiger partial charge in [-0.3, -0.25) is 4.79 Å². The number of fused-ring (bicyclic) bond motifs is 1. The number of anilines is 1. The van der Waals surface area contributed by atoms with Crippen LogP contribution in [0, 0.1) is 0 Å². The number of carbonyl (C=O) groups is 2. The molecule has 3 aromatic rings. The number of nitrogens with zero attached hydrogens (tertiary/aromatic N) is 2. The van der Waals surface area contributed by atoms with E-state index in [4.69, 9.17) is 0 Å². The van der Waals surface area contributed by atoms with Gasteiger partial charge in [-0.15, -0.1) is 11.3 Å². The maximum absolute atomic E-state index is 12.3. The Bertz CT molecular complexity index is 1010. The molecule has 0 aliphatic heterocycles. The zero-order chi connectivity index (χ0) is 21.5. The van der Waals surface area contributed by atoms with E-state index in [0.29, 0.717) is 13.1 Å². The molecular weight excluding hydrogens is 396 g/mol. The van der Waals surface area contributed by atoms with Crippen molar-refractivity contribution in [1.82, 2.24) is 15.2 Å². The van der Waals surface area contributed by atoms with Crippen LogP contribution >= 0.6 is 11.3 Å². The quantitative estimate of drug-likeness (QED) is 0.523. The SMILES string of the molecule is CCN(CC)C(=O)Nc1ccc(C(C)NC(=O)/C=C/c2nc3ccccc3s2)cc1. The third-order valence-electron chi connectivity index (χ3n) is 4.76. The molecule has 0 aliphatic rings. The second-order valence-electron chi connectivity index (χ2n) is 6.81. The molecule has 30 heavy (non-hydrogen) atoms. The maximum atomic E-state index is 12.3. The second-order valence-corrected chi connectivity index (χ2v) is 7.87. The minimum Gasteiger partial charge on any atom is -0.346 e. The first kappa shape index (κ1) is 21.5. The van der Waals surface area contributed by atoms with Gasteiger partial charge in [-0.05, 0) is 56.7 Å². The van der Waals surface area contributed by atoms with Crippen LogP contribution in [-0.2, 0) is 4.79 Å². The number of para-hydroxylation sites is 1. The van der Waals surface area contributed by atoms with E-state index in [9.17, 15) is 9.59 Å². The van der Waals surface area contributed by atoms with Crippen LogP contribution in [0.2, 0.25) is 0 Å². The molecule has 0 bridgehead atoms. The average molecular weight is 423 g/mol. The molecule has 0 fully saturated rings. The van der Waals surface area contributed by atoms with Gasteiger partial charge in [0.05, 0.1) is 16.3 Å². The Labute approximate surface area is 180 Å². The van der Waals surface area contributed by atoms with Gasteiger partial charge in [-0.1, -0.05) is 24.3 Å². The smallest absolute Gasteiger partial charge is 0.321 e. The van der Waals surface area contributed by atoms with Gasteiger partial charge in [-0.25, -0.2) is 9.78 Å². The van der Waals surface area contributed by atoms with Crippen molar-refractivity contribution >= 4 is 45.3 Å². The Balaban J connectivity index is 1.56. The first-order chi connectivity index (χ1) is 14.5. The molecule has 1 unspecified atom stereocenters. The third kappa shape index (κ3) is 5.45. The highest BCUT2D eigenvalue weighted by molar-refractivity contribution is 7.19. The molecule has 7 heteroatoms. The lowest BCUT2D eigenvalue weighted by Crippen LogP contribution is -2.34. The van der Waals surface area contributed by atoms with Gasteiger partial charge in [0.15, 0.2) is 0 Å².